The standard InChI is InChI=1S/C15H19N3O4/c1-4-7-17(8-5-2)13(19)10-18-11-16-9-12(14(18)20)15(21)22-6-3/h4-5,9,11H,1-2,6-8,10H2,3H3. The first-order valence-corrected chi connectivity index (χ1v) is 6.76. The van der Waals surface area contributed by atoms with Crippen LogP contribution in [0.3, 0.4) is 0 Å². The Labute approximate surface area is 128 Å². The van der Waals surface area contributed by atoms with E-state index in [1.54, 1.807) is 19.1 Å². The molecule has 0 aromatic carbocycles. The van der Waals surface area contributed by atoms with Crippen LogP contribution >= 0.6 is 0 Å². The van der Waals surface area contributed by atoms with Gasteiger partial charge in [-0.1, -0.05) is 12.2 Å². The largest absolute Gasteiger partial charge is 0.462 e. The molecular formula is C15H19N3O4. The molecule has 0 aliphatic carbocycles. The zero-order valence-electron chi connectivity index (χ0n) is 12.5. The second kappa shape index (κ2) is 8.56. The summed E-state index contributed by atoms with van der Waals surface area (Å²) in [6.07, 6.45) is 5.50. The first kappa shape index (κ1) is 17.4. The van der Waals surface area contributed by atoms with Crippen LogP contribution in [0, 0.1) is 0 Å². The Morgan fingerprint density at radius 3 is 2.55 bits per heavy atom. The summed E-state index contributed by atoms with van der Waals surface area (Å²) >= 11 is 0. The van der Waals surface area contributed by atoms with Crippen molar-refractivity contribution in [1.29, 1.82) is 0 Å². The lowest BCUT2D eigenvalue weighted by Crippen LogP contribution is -2.38. The van der Waals surface area contributed by atoms with Crippen LogP contribution in [-0.4, -0.2) is 46.0 Å². The van der Waals surface area contributed by atoms with Crippen LogP contribution in [0.5, 0.6) is 0 Å². The van der Waals surface area contributed by atoms with E-state index in [-0.39, 0.29) is 24.6 Å². The predicted molar refractivity (Wildman–Crippen MR) is 81.4 cm³/mol. The van der Waals surface area contributed by atoms with E-state index in [0.29, 0.717) is 13.1 Å². The molecule has 22 heavy (non-hydrogen) atoms. The lowest BCUT2D eigenvalue weighted by Gasteiger charge is -2.19. The predicted octanol–water partition coefficient (Wildman–Crippen LogP) is 0.621. The first-order chi connectivity index (χ1) is 10.5. The lowest BCUT2D eigenvalue weighted by molar-refractivity contribution is -0.130. The first-order valence-electron chi connectivity index (χ1n) is 6.76. The molecule has 1 amide bonds. The van der Waals surface area contributed by atoms with Crippen LogP contribution in [-0.2, 0) is 16.1 Å². The molecule has 1 heterocycles. The Kier molecular flexibility index (Phi) is 6.75. The number of amides is 1. The van der Waals surface area contributed by atoms with E-state index in [1.165, 1.54) is 11.2 Å². The van der Waals surface area contributed by atoms with Crippen LogP contribution < -0.4 is 5.56 Å². The van der Waals surface area contributed by atoms with Gasteiger partial charge in [-0.05, 0) is 6.92 Å². The van der Waals surface area contributed by atoms with E-state index in [4.69, 9.17) is 4.74 Å². The van der Waals surface area contributed by atoms with Crippen LogP contribution in [0.25, 0.3) is 0 Å². The average Bonchev–Trinajstić information content (AvgIpc) is 2.49. The molecule has 0 N–H and O–H groups in total. The number of aromatic nitrogens is 2. The van der Waals surface area contributed by atoms with Crippen LogP contribution in [0.4, 0.5) is 0 Å². The molecule has 0 aliphatic heterocycles. The highest BCUT2D eigenvalue weighted by atomic mass is 16.5. The van der Waals surface area contributed by atoms with E-state index >= 15 is 0 Å². The number of carbonyl (C=O) groups excluding carboxylic acids is 2. The fourth-order valence-electron chi connectivity index (χ4n) is 1.75. The molecule has 0 atom stereocenters. The molecule has 1 aromatic rings. The van der Waals surface area contributed by atoms with E-state index in [9.17, 15) is 14.4 Å². The summed E-state index contributed by atoms with van der Waals surface area (Å²) in [6.45, 7) is 9.40. The van der Waals surface area contributed by atoms with Crippen molar-refractivity contribution in [1.82, 2.24) is 14.5 Å². The molecule has 0 aliphatic rings. The van der Waals surface area contributed by atoms with Gasteiger partial charge < -0.3 is 9.64 Å². The van der Waals surface area contributed by atoms with Crippen LogP contribution in [0.15, 0.2) is 42.6 Å². The topological polar surface area (TPSA) is 81.5 Å². The van der Waals surface area contributed by atoms with Gasteiger partial charge in [-0.15, -0.1) is 13.2 Å². The maximum atomic E-state index is 12.2. The molecule has 0 bridgehead atoms. The number of ether oxygens (including phenoxy) is 1. The number of carbonyl (C=O) groups is 2. The second-order valence-electron chi connectivity index (χ2n) is 4.34. The summed E-state index contributed by atoms with van der Waals surface area (Å²) in [7, 11) is 0. The summed E-state index contributed by atoms with van der Waals surface area (Å²) in [5, 5.41) is 0. The van der Waals surface area contributed by atoms with Gasteiger partial charge in [-0.2, -0.15) is 0 Å². The minimum absolute atomic E-state index is 0.151. The van der Waals surface area contributed by atoms with Crippen molar-refractivity contribution in [2.75, 3.05) is 19.7 Å². The Morgan fingerprint density at radius 1 is 1.36 bits per heavy atom. The Balaban J connectivity index is 2.98. The molecule has 0 spiro atoms. The van der Waals surface area contributed by atoms with Crippen molar-refractivity contribution < 1.29 is 14.3 Å². The quantitative estimate of drug-likeness (QED) is 0.519. The molecule has 1 aromatic heterocycles. The molecule has 0 fully saturated rings. The van der Waals surface area contributed by atoms with Gasteiger partial charge >= 0.3 is 5.97 Å². The highest BCUT2D eigenvalue weighted by Crippen LogP contribution is 1.97. The Bertz CT molecular complexity index is 611. The summed E-state index contributed by atoms with van der Waals surface area (Å²) in [4.78, 5) is 41.3. The monoisotopic (exact) mass is 305 g/mol. The molecule has 0 radical (unpaired) electrons. The molecule has 118 valence electrons. The van der Waals surface area contributed by atoms with Gasteiger partial charge in [0.05, 0.1) is 12.9 Å². The molecule has 0 unspecified atom stereocenters. The zero-order valence-corrected chi connectivity index (χ0v) is 12.5. The third-order valence-electron chi connectivity index (χ3n) is 2.75. The normalized spacial score (nSPS) is 9.86. The van der Waals surface area contributed by atoms with E-state index in [1.807, 2.05) is 0 Å². The smallest absolute Gasteiger partial charge is 0.345 e. The molecule has 7 heteroatoms. The number of esters is 1. The molecule has 0 saturated heterocycles. The summed E-state index contributed by atoms with van der Waals surface area (Å²) in [5.41, 5.74) is -0.810. The zero-order chi connectivity index (χ0) is 16.5. The molecular weight excluding hydrogens is 286 g/mol. The highest BCUT2D eigenvalue weighted by molar-refractivity contribution is 5.88. The van der Waals surface area contributed by atoms with Gasteiger partial charge in [-0.25, -0.2) is 9.78 Å². The van der Waals surface area contributed by atoms with E-state index in [0.717, 1.165) is 10.8 Å². The Morgan fingerprint density at radius 2 is 2.00 bits per heavy atom. The second-order valence-corrected chi connectivity index (χ2v) is 4.34. The van der Waals surface area contributed by atoms with Gasteiger partial charge in [0.1, 0.15) is 12.1 Å². The molecule has 0 saturated carbocycles. The number of hydrogen-bond acceptors (Lipinski definition) is 5. The van der Waals surface area contributed by atoms with Gasteiger partial charge in [0.15, 0.2) is 0 Å². The van der Waals surface area contributed by atoms with Gasteiger partial charge in [0.25, 0.3) is 5.56 Å². The lowest BCUT2D eigenvalue weighted by atomic mass is 10.3. The summed E-state index contributed by atoms with van der Waals surface area (Å²) in [5.74, 6) is -1.06. The number of nitrogens with zero attached hydrogens (tertiary/aromatic N) is 3. The fraction of sp³-hybridized carbons (Fsp3) is 0.333. The van der Waals surface area contributed by atoms with Gasteiger partial charge in [-0.3, -0.25) is 14.2 Å². The maximum absolute atomic E-state index is 12.2. The van der Waals surface area contributed by atoms with E-state index < -0.39 is 11.5 Å². The molecule has 1 rings (SSSR count). The maximum Gasteiger partial charge on any atom is 0.345 e. The van der Waals surface area contributed by atoms with Crippen molar-refractivity contribution in [2.24, 2.45) is 0 Å². The SMILES string of the molecule is C=CCN(CC=C)C(=O)Cn1cncc(C(=O)OCC)c1=O. The summed E-state index contributed by atoms with van der Waals surface area (Å²) in [6, 6.07) is 0. The molecule has 7 nitrogen and oxygen atoms in total. The van der Waals surface area contributed by atoms with Crippen molar-refractivity contribution in [3.63, 3.8) is 0 Å². The van der Waals surface area contributed by atoms with E-state index in [2.05, 4.69) is 18.1 Å². The number of rotatable bonds is 8. The number of hydrogen-bond donors (Lipinski definition) is 0. The van der Waals surface area contributed by atoms with Crippen molar-refractivity contribution in [2.45, 2.75) is 13.5 Å². The fourth-order valence-corrected chi connectivity index (χ4v) is 1.75. The van der Waals surface area contributed by atoms with Crippen LogP contribution in [0.2, 0.25) is 0 Å². The van der Waals surface area contributed by atoms with Crippen LogP contribution in [0.1, 0.15) is 17.3 Å². The summed E-state index contributed by atoms with van der Waals surface area (Å²) < 4.78 is 5.86. The highest BCUT2D eigenvalue weighted by Gasteiger charge is 2.17. The van der Waals surface area contributed by atoms with Crippen molar-refractivity contribution in [3.8, 4) is 0 Å². The Hall–Kier alpha value is -2.70. The van der Waals surface area contributed by atoms with Gasteiger partial charge in [0.2, 0.25) is 5.91 Å². The van der Waals surface area contributed by atoms with Crippen molar-refractivity contribution >= 4 is 11.9 Å². The van der Waals surface area contributed by atoms with Gasteiger partial charge in [0, 0.05) is 19.3 Å². The third kappa shape index (κ3) is 4.41. The van der Waals surface area contributed by atoms with Crippen molar-refractivity contribution in [3.05, 3.63) is 53.8 Å². The minimum Gasteiger partial charge on any atom is -0.462 e. The third-order valence-corrected chi connectivity index (χ3v) is 2.75. The average molecular weight is 305 g/mol. The minimum atomic E-state index is -0.754.